The van der Waals surface area contributed by atoms with E-state index in [2.05, 4.69) is 15.9 Å². The average Bonchev–Trinajstić information content (AvgIpc) is 2.30. The molecule has 0 aliphatic heterocycles. The molecule has 2 aromatic carbocycles. The summed E-state index contributed by atoms with van der Waals surface area (Å²) in [6.07, 6.45) is 0. The van der Waals surface area contributed by atoms with E-state index in [1.54, 1.807) is 18.2 Å². The largest absolute Gasteiger partial charge is 0.488 e. The van der Waals surface area contributed by atoms with E-state index in [9.17, 15) is 8.78 Å². The Morgan fingerprint density at radius 2 is 1.59 bits per heavy atom. The van der Waals surface area contributed by atoms with Gasteiger partial charge in [-0.1, -0.05) is 12.1 Å². The van der Waals surface area contributed by atoms with Crippen molar-refractivity contribution in [3.63, 3.8) is 0 Å². The molecule has 0 saturated heterocycles. The predicted octanol–water partition coefficient (Wildman–Crippen LogP) is 4.31. The van der Waals surface area contributed by atoms with Crippen molar-refractivity contribution >= 4 is 15.9 Å². The van der Waals surface area contributed by atoms with Crippen molar-refractivity contribution in [2.24, 2.45) is 0 Å². The number of hydrogen-bond acceptors (Lipinski definition) is 1. The minimum absolute atomic E-state index is 0.281. The van der Waals surface area contributed by atoms with Crippen LogP contribution in [0.5, 0.6) is 5.75 Å². The van der Waals surface area contributed by atoms with Crippen LogP contribution in [0.1, 0.15) is 5.56 Å². The average molecular weight is 299 g/mol. The van der Waals surface area contributed by atoms with E-state index >= 15 is 0 Å². The first kappa shape index (κ1) is 12.0. The molecule has 0 radical (unpaired) electrons. The van der Waals surface area contributed by atoms with Crippen molar-refractivity contribution in [1.29, 1.82) is 0 Å². The zero-order valence-corrected chi connectivity index (χ0v) is 10.4. The van der Waals surface area contributed by atoms with E-state index in [1.807, 2.05) is 0 Å². The summed E-state index contributed by atoms with van der Waals surface area (Å²) in [4.78, 5) is 0. The molecule has 0 N–H and O–H groups in total. The fourth-order valence-electron chi connectivity index (χ4n) is 1.33. The van der Waals surface area contributed by atoms with Crippen molar-refractivity contribution in [1.82, 2.24) is 0 Å². The molecule has 2 aromatic rings. The van der Waals surface area contributed by atoms with Crippen LogP contribution in [0.4, 0.5) is 8.78 Å². The van der Waals surface area contributed by atoms with Crippen LogP contribution in [-0.4, -0.2) is 0 Å². The predicted molar refractivity (Wildman–Crippen MR) is 64.8 cm³/mol. The molecular formula is C13H9BrF2O. The zero-order chi connectivity index (χ0) is 12.3. The fourth-order valence-corrected chi connectivity index (χ4v) is 1.80. The van der Waals surface area contributed by atoms with Crippen molar-refractivity contribution in [2.45, 2.75) is 6.61 Å². The molecule has 0 heterocycles. The number of rotatable bonds is 3. The molecule has 4 heteroatoms. The molecule has 2 rings (SSSR count). The first-order chi connectivity index (χ1) is 8.15. The van der Waals surface area contributed by atoms with Crippen LogP contribution in [0.25, 0.3) is 0 Å². The van der Waals surface area contributed by atoms with Gasteiger partial charge in [0.05, 0.1) is 4.47 Å². The molecule has 88 valence electrons. The highest BCUT2D eigenvalue weighted by atomic mass is 79.9. The van der Waals surface area contributed by atoms with Gasteiger partial charge in [-0.05, 0) is 51.8 Å². The Labute approximate surface area is 106 Å². The summed E-state index contributed by atoms with van der Waals surface area (Å²) in [7, 11) is 0. The lowest BCUT2D eigenvalue weighted by molar-refractivity contribution is 0.303. The van der Waals surface area contributed by atoms with E-state index in [0.29, 0.717) is 16.8 Å². The molecule has 0 fully saturated rings. The van der Waals surface area contributed by atoms with Gasteiger partial charge in [0.1, 0.15) is 24.0 Å². The van der Waals surface area contributed by atoms with Gasteiger partial charge in [-0.3, -0.25) is 0 Å². The molecule has 0 bridgehead atoms. The Balaban J connectivity index is 2.04. The second-order valence-electron chi connectivity index (χ2n) is 3.49. The maximum atomic E-state index is 12.8. The van der Waals surface area contributed by atoms with Crippen LogP contribution >= 0.6 is 15.9 Å². The Morgan fingerprint density at radius 3 is 2.24 bits per heavy atom. The third kappa shape index (κ3) is 3.27. The number of ether oxygens (including phenoxy) is 1. The summed E-state index contributed by atoms with van der Waals surface area (Å²) in [5.74, 6) is -0.0570. The van der Waals surface area contributed by atoms with Gasteiger partial charge in [0.2, 0.25) is 0 Å². The van der Waals surface area contributed by atoms with Crippen LogP contribution in [0, 0.1) is 11.6 Å². The van der Waals surface area contributed by atoms with E-state index in [-0.39, 0.29) is 11.6 Å². The summed E-state index contributed by atoms with van der Waals surface area (Å²) in [6, 6.07) is 10.2. The summed E-state index contributed by atoms with van der Waals surface area (Å²) in [5, 5.41) is 0. The van der Waals surface area contributed by atoms with Gasteiger partial charge >= 0.3 is 0 Å². The second-order valence-corrected chi connectivity index (χ2v) is 4.34. The first-order valence-electron chi connectivity index (χ1n) is 4.97. The van der Waals surface area contributed by atoms with Gasteiger partial charge in [-0.15, -0.1) is 0 Å². The van der Waals surface area contributed by atoms with Crippen molar-refractivity contribution < 1.29 is 13.5 Å². The van der Waals surface area contributed by atoms with Gasteiger partial charge in [0, 0.05) is 0 Å². The molecule has 0 unspecified atom stereocenters. The van der Waals surface area contributed by atoms with Crippen LogP contribution in [-0.2, 0) is 6.61 Å². The summed E-state index contributed by atoms with van der Waals surface area (Å²) in [5.41, 5.74) is 0.850. The molecule has 0 atom stereocenters. The molecule has 0 aliphatic carbocycles. The van der Waals surface area contributed by atoms with Crippen LogP contribution in [0.3, 0.4) is 0 Å². The minimum atomic E-state index is -0.328. The van der Waals surface area contributed by atoms with Gasteiger partial charge in [0.25, 0.3) is 0 Å². The third-order valence-electron chi connectivity index (χ3n) is 2.20. The molecular weight excluding hydrogens is 290 g/mol. The first-order valence-corrected chi connectivity index (χ1v) is 5.77. The number of halogens is 3. The lowest BCUT2D eigenvalue weighted by Gasteiger charge is -2.08. The Morgan fingerprint density at radius 1 is 0.941 bits per heavy atom. The smallest absolute Gasteiger partial charge is 0.134 e. The standard InChI is InChI=1S/C13H9BrF2O/c14-12-7-11(16)5-6-13(12)17-8-9-1-3-10(15)4-2-9/h1-7H,8H2. The maximum Gasteiger partial charge on any atom is 0.134 e. The highest BCUT2D eigenvalue weighted by molar-refractivity contribution is 9.10. The normalized spacial score (nSPS) is 10.3. The SMILES string of the molecule is Fc1ccc(COc2ccc(F)cc2Br)cc1. The third-order valence-corrected chi connectivity index (χ3v) is 2.82. The highest BCUT2D eigenvalue weighted by Gasteiger charge is 2.03. The number of hydrogen-bond donors (Lipinski definition) is 0. The Kier molecular flexibility index (Phi) is 3.74. The second kappa shape index (κ2) is 5.27. The molecule has 0 spiro atoms. The van der Waals surface area contributed by atoms with E-state index < -0.39 is 0 Å². The van der Waals surface area contributed by atoms with E-state index in [0.717, 1.165) is 5.56 Å². The Bertz CT molecular complexity index is 511. The maximum absolute atomic E-state index is 12.8. The van der Waals surface area contributed by atoms with E-state index in [4.69, 9.17) is 4.74 Å². The van der Waals surface area contributed by atoms with Gasteiger partial charge in [-0.25, -0.2) is 8.78 Å². The number of benzene rings is 2. The lowest BCUT2D eigenvalue weighted by Crippen LogP contribution is -1.96. The lowest BCUT2D eigenvalue weighted by atomic mass is 10.2. The van der Waals surface area contributed by atoms with Crippen LogP contribution < -0.4 is 4.74 Å². The highest BCUT2D eigenvalue weighted by Crippen LogP contribution is 2.26. The summed E-state index contributed by atoms with van der Waals surface area (Å²) >= 11 is 3.21. The van der Waals surface area contributed by atoms with Crippen molar-refractivity contribution in [2.75, 3.05) is 0 Å². The molecule has 0 amide bonds. The fraction of sp³-hybridized carbons (Fsp3) is 0.0769. The molecule has 0 aromatic heterocycles. The Hall–Kier alpha value is -1.42. The minimum Gasteiger partial charge on any atom is -0.488 e. The van der Waals surface area contributed by atoms with E-state index in [1.165, 1.54) is 24.3 Å². The molecule has 1 nitrogen and oxygen atoms in total. The van der Waals surface area contributed by atoms with Crippen LogP contribution in [0.15, 0.2) is 46.9 Å². The quantitative estimate of drug-likeness (QED) is 0.820. The summed E-state index contributed by atoms with van der Waals surface area (Å²) in [6.45, 7) is 0.310. The molecule has 0 aliphatic rings. The summed E-state index contributed by atoms with van der Waals surface area (Å²) < 4.78 is 31.5. The monoisotopic (exact) mass is 298 g/mol. The van der Waals surface area contributed by atoms with Gasteiger partial charge in [0.15, 0.2) is 0 Å². The van der Waals surface area contributed by atoms with Crippen molar-refractivity contribution in [3.05, 3.63) is 64.1 Å². The van der Waals surface area contributed by atoms with Crippen molar-refractivity contribution in [3.8, 4) is 5.75 Å². The van der Waals surface area contributed by atoms with Gasteiger partial charge in [-0.2, -0.15) is 0 Å². The topological polar surface area (TPSA) is 9.23 Å². The molecule has 0 saturated carbocycles. The van der Waals surface area contributed by atoms with Crippen LogP contribution in [0.2, 0.25) is 0 Å². The zero-order valence-electron chi connectivity index (χ0n) is 8.79. The molecule has 17 heavy (non-hydrogen) atoms. The van der Waals surface area contributed by atoms with Gasteiger partial charge < -0.3 is 4.74 Å².